The van der Waals surface area contributed by atoms with Gasteiger partial charge in [0.1, 0.15) is 11.4 Å². The van der Waals surface area contributed by atoms with Crippen LogP contribution in [0.2, 0.25) is 0 Å². The lowest BCUT2D eigenvalue weighted by atomic mass is 9.74. The van der Waals surface area contributed by atoms with E-state index >= 15 is 0 Å². The minimum absolute atomic E-state index is 0.0156. The predicted octanol–water partition coefficient (Wildman–Crippen LogP) is 4.12. The molecule has 0 atom stereocenters. The summed E-state index contributed by atoms with van der Waals surface area (Å²) in [4.78, 5) is 0. The number of fused-ring (bicyclic) bond motifs is 1. The fourth-order valence-corrected chi connectivity index (χ4v) is 2.21. The summed E-state index contributed by atoms with van der Waals surface area (Å²) in [6.07, 6.45) is 0.178. The van der Waals surface area contributed by atoms with Crippen molar-refractivity contribution in [1.82, 2.24) is 0 Å². The second kappa shape index (κ2) is 4.62. The summed E-state index contributed by atoms with van der Waals surface area (Å²) in [7, 11) is 0. The minimum atomic E-state index is 0.0156. The molecule has 1 aromatic carbocycles. The van der Waals surface area contributed by atoms with E-state index in [1.54, 1.807) is 0 Å². The molecule has 1 aliphatic rings. The zero-order valence-corrected chi connectivity index (χ0v) is 12.9. The molecule has 0 fully saturated rings. The molecule has 0 aliphatic carbocycles. The molecule has 0 radical (unpaired) electrons. The zero-order chi connectivity index (χ0) is 14.3. The second-order valence-corrected chi connectivity index (χ2v) is 6.83. The van der Waals surface area contributed by atoms with Crippen LogP contribution in [0.3, 0.4) is 0 Å². The topological polar surface area (TPSA) is 33.3 Å². The molecule has 0 bridgehead atoms. The quantitative estimate of drug-likeness (QED) is 0.841. The van der Waals surface area contributed by atoms with Crippen LogP contribution in [0, 0.1) is 5.41 Å². The maximum Gasteiger partial charge on any atom is 0.144 e. The van der Waals surface area contributed by atoms with Gasteiger partial charge in [-0.05, 0) is 39.8 Å². The lowest BCUT2D eigenvalue weighted by molar-refractivity contribution is 0.241. The molecule has 1 aromatic rings. The average Bonchev–Trinajstić information content (AvgIpc) is 2.34. The van der Waals surface area contributed by atoms with Gasteiger partial charge in [0.05, 0.1) is 11.8 Å². The molecule has 2 N–H and O–H groups in total. The lowest BCUT2D eigenvalue weighted by Crippen LogP contribution is -2.47. The number of hydrogen-bond donors (Lipinski definition) is 2. The molecule has 0 amide bonds. The second-order valence-electron chi connectivity index (χ2n) is 6.83. The molecule has 0 saturated heterocycles. The van der Waals surface area contributed by atoms with Gasteiger partial charge in [0.25, 0.3) is 0 Å². The Bertz CT molecular complexity index is 464. The molecule has 1 heterocycles. The molecule has 1 aliphatic heterocycles. The summed E-state index contributed by atoms with van der Waals surface area (Å²) in [5, 5.41) is 7.22. The van der Waals surface area contributed by atoms with E-state index in [-0.39, 0.29) is 17.1 Å². The fourth-order valence-electron chi connectivity index (χ4n) is 2.21. The number of rotatable bonds is 2. The molecule has 0 aromatic heterocycles. The molecule has 0 spiro atoms. The number of anilines is 2. The van der Waals surface area contributed by atoms with Crippen LogP contribution in [0.5, 0.6) is 5.75 Å². The van der Waals surface area contributed by atoms with E-state index in [0.717, 1.165) is 23.7 Å². The van der Waals surface area contributed by atoms with E-state index in [1.807, 2.05) is 12.1 Å². The fraction of sp³-hybridized carbons (Fsp3) is 0.625. The van der Waals surface area contributed by atoms with E-state index in [0.29, 0.717) is 0 Å². The van der Waals surface area contributed by atoms with Gasteiger partial charge in [0, 0.05) is 17.5 Å². The number of para-hydroxylation sites is 1. The van der Waals surface area contributed by atoms with Crippen LogP contribution in [0.15, 0.2) is 18.2 Å². The van der Waals surface area contributed by atoms with Crippen molar-refractivity contribution >= 4 is 11.4 Å². The first kappa shape index (κ1) is 14.0. The molecule has 0 unspecified atom stereocenters. The van der Waals surface area contributed by atoms with Crippen molar-refractivity contribution in [2.24, 2.45) is 5.41 Å². The third-order valence-corrected chi connectivity index (χ3v) is 4.24. The van der Waals surface area contributed by atoms with Crippen molar-refractivity contribution in [2.75, 3.05) is 17.2 Å². The summed E-state index contributed by atoms with van der Waals surface area (Å²) >= 11 is 0. The Morgan fingerprint density at radius 3 is 2.47 bits per heavy atom. The van der Waals surface area contributed by atoms with Crippen LogP contribution >= 0.6 is 0 Å². The van der Waals surface area contributed by atoms with Gasteiger partial charge in [-0.25, -0.2) is 0 Å². The maximum absolute atomic E-state index is 5.90. The van der Waals surface area contributed by atoms with Crippen molar-refractivity contribution in [3.63, 3.8) is 0 Å². The predicted molar refractivity (Wildman–Crippen MR) is 82.2 cm³/mol. The number of ether oxygens (including phenoxy) is 1. The van der Waals surface area contributed by atoms with Gasteiger partial charge in [-0.3, -0.25) is 0 Å². The molecule has 106 valence electrons. The number of benzene rings is 1. The highest BCUT2D eigenvalue weighted by molar-refractivity contribution is 5.77. The molecule has 3 nitrogen and oxygen atoms in total. The Hall–Kier alpha value is -1.38. The first-order chi connectivity index (χ1) is 8.73. The highest BCUT2D eigenvalue weighted by Crippen LogP contribution is 2.43. The monoisotopic (exact) mass is 262 g/mol. The standard InChI is InChI=1S/C16H26N2O/c1-11(2)19-13-9-7-8-12-14(13)17-10-15(3,4)16(5,6)18-12/h7-9,11,17-18H,10H2,1-6H3. The van der Waals surface area contributed by atoms with Crippen molar-refractivity contribution < 1.29 is 4.74 Å². The highest BCUT2D eigenvalue weighted by Gasteiger charge is 2.39. The molecule has 3 heteroatoms. The SMILES string of the molecule is CC(C)Oc1cccc2c1NCC(C)(C)C(C)(C)N2. The molecule has 2 rings (SSSR count). The van der Waals surface area contributed by atoms with E-state index in [2.05, 4.69) is 58.2 Å². The molecule has 19 heavy (non-hydrogen) atoms. The van der Waals surface area contributed by atoms with Crippen molar-refractivity contribution in [1.29, 1.82) is 0 Å². The van der Waals surface area contributed by atoms with Crippen molar-refractivity contribution in [2.45, 2.75) is 53.2 Å². The summed E-state index contributed by atoms with van der Waals surface area (Å²) in [6, 6.07) is 6.18. The number of hydrogen-bond acceptors (Lipinski definition) is 3. The first-order valence-electron chi connectivity index (χ1n) is 7.05. The zero-order valence-electron chi connectivity index (χ0n) is 12.9. The van der Waals surface area contributed by atoms with Gasteiger partial charge in [-0.1, -0.05) is 19.9 Å². The van der Waals surface area contributed by atoms with Gasteiger partial charge in [0.2, 0.25) is 0 Å². The van der Waals surface area contributed by atoms with Crippen LogP contribution in [0.1, 0.15) is 41.5 Å². The lowest BCUT2D eigenvalue weighted by Gasteiger charge is -2.40. The summed E-state index contributed by atoms with van der Waals surface area (Å²) in [6.45, 7) is 14.1. The van der Waals surface area contributed by atoms with Gasteiger partial charge in [0.15, 0.2) is 0 Å². The Balaban J connectivity index is 2.41. The van der Waals surface area contributed by atoms with Crippen LogP contribution in [-0.4, -0.2) is 18.2 Å². The van der Waals surface area contributed by atoms with Crippen LogP contribution in [0.4, 0.5) is 11.4 Å². The minimum Gasteiger partial charge on any atom is -0.489 e. The Labute approximate surface area is 116 Å². The van der Waals surface area contributed by atoms with Gasteiger partial charge in [-0.15, -0.1) is 0 Å². The average molecular weight is 262 g/mol. The summed E-state index contributed by atoms with van der Waals surface area (Å²) in [5.74, 6) is 0.925. The third-order valence-electron chi connectivity index (χ3n) is 4.24. The largest absolute Gasteiger partial charge is 0.489 e. The highest BCUT2D eigenvalue weighted by atomic mass is 16.5. The van der Waals surface area contributed by atoms with Crippen LogP contribution in [-0.2, 0) is 0 Å². The van der Waals surface area contributed by atoms with Gasteiger partial charge < -0.3 is 15.4 Å². The Morgan fingerprint density at radius 1 is 1.16 bits per heavy atom. The van der Waals surface area contributed by atoms with Crippen LogP contribution < -0.4 is 15.4 Å². The van der Waals surface area contributed by atoms with Crippen LogP contribution in [0.25, 0.3) is 0 Å². The summed E-state index contributed by atoms with van der Waals surface area (Å²) < 4.78 is 5.90. The Kier molecular flexibility index (Phi) is 3.41. The van der Waals surface area contributed by atoms with E-state index in [1.165, 1.54) is 0 Å². The summed E-state index contributed by atoms with van der Waals surface area (Å²) in [5.41, 5.74) is 2.35. The molecular weight excluding hydrogens is 236 g/mol. The van der Waals surface area contributed by atoms with E-state index < -0.39 is 0 Å². The van der Waals surface area contributed by atoms with Gasteiger partial charge >= 0.3 is 0 Å². The van der Waals surface area contributed by atoms with E-state index in [4.69, 9.17) is 4.74 Å². The first-order valence-corrected chi connectivity index (χ1v) is 7.05. The number of nitrogens with one attached hydrogen (secondary N) is 2. The normalized spacial score (nSPS) is 19.9. The third kappa shape index (κ3) is 2.65. The van der Waals surface area contributed by atoms with Crippen molar-refractivity contribution in [3.8, 4) is 5.75 Å². The van der Waals surface area contributed by atoms with Crippen molar-refractivity contribution in [3.05, 3.63) is 18.2 Å². The Morgan fingerprint density at radius 2 is 1.84 bits per heavy atom. The van der Waals surface area contributed by atoms with Gasteiger partial charge in [-0.2, -0.15) is 0 Å². The maximum atomic E-state index is 5.90. The molecular formula is C16H26N2O. The van der Waals surface area contributed by atoms with E-state index in [9.17, 15) is 0 Å². The molecule has 0 saturated carbocycles. The smallest absolute Gasteiger partial charge is 0.144 e.